The first kappa shape index (κ1) is 18.0. The van der Waals surface area contributed by atoms with Crippen LogP contribution in [0.4, 0.5) is 0 Å². The molecule has 2 nitrogen and oxygen atoms in total. The van der Waals surface area contributed by atoms with Gasteiger partial charge in [-0.15, -0.1) is 0 Å². The van der Waals surface area contributed by atoms with Crippen LogP contribution in [-0.2, 0) is 16.3 Å². The normalized spacial score (nSPS) is 15.5. The summed E-state index contributed by atoms with van der Waals surface area (Å²) in [4.78, 5) is 10.9. The Bertz CT molecular complexity index is 685. The molecule has 0 aromatic heterocycles. The molecule has 0 saturated carbocycles. The van der Waals surface area contributed by atoms with Gasteiger partial charge in [-0.2, -0.15) is 23.5 Å². The average Bonchev–Trinajstić information content (AvgIpc) is 2.73. The molecular weight excluding hydrogens is 360 g/mol. The summed E-state index contributed by atoms with van der Waals surface area (Å²) in [5.41, 5.74) is 2.60. The van der Waals surface area contributed by atoms with Crippen molar-refractivity contribution in [1.29, 1.82) is 0 Å². The van der Waals surface area contributed by atoms with Gasteiger partial charge >= 0.3 is 5.97 Å². The Kier molecular flexibility index (Phi) is 8.92. The Morgan fingerprint density at radius 2 is 1.58 bits per heavy atom. The number of hydrogen-bond donors (Lipinski definition) is 1. The van der Waals surface area contributed by atoms with E-state index in [2.05, 4.69) is 36.4 Å². The lowest BCUT2D eigenvalue weighted by molar-refractivity contribution is -0.137. The Hall–Kier alpha value is -1.39. The molecule has 0 bridgehead atoms. The molecule has 0 heterocycles. The number of rotatable bonds is 13. The quantitative estimate of drug-likeness (QED) is 0.410. The minimum atomic E-state index is -1.35. The van der Waals surface area contributed by atoms with Gasteiger partial charge in [0.05, 0.1) is 0 Å². The van der Waals surface area contributed by atoms with Crippen LogP contribution in [0.1, 0.15) is 45.9 Å². The Morgan fingerprint density at radius 1 is 0.962 bits per heavy atom. The second-order valence-electron chi connectivity index (χ2n) is 6.06. The van der Waals surface area contributed by atoms with Crippen LogP contribution >= 0.6 is 23.5 Å². The van der Waals surface area contributed by atoms with E-state index in [-0.39, 0.29) is 0 Å². The van der Waals surface area contributed by atoms with Crippen LogP contribution in [0.5, 0.6) is 0 Å². The third-order valence-corrected chi connectivity index (χ3v) is 6.44. The highest BCUT2D eigenvalue weighted by molar-refractivity contribution is 7.99. The maximum Gasteiger partial charge on any atom is 0.303 e. The minimum absolute atomic E-state index is 0.373. The molecule has 0 spiro atoms. The van der Waals surface area contributed by atoms with Crippen molar-refractivity contribution in [3.63, 3.8) is 0 Å². The lowest BCUT2D eigenvalue weighted by Crippen LogP contribution is -2.06. The zero-order valence-corrected chi connectivity index (χ0v) is 16.6. The van der Waals surface area contributed by atoms with Crippen LogP contribution in [0.2, 0.25) is 0 Å². The van der Waals surface area contributed by atoms with Gasteiger partial charge in [-0.1, -0.05) is 67.1 Å². The summed E-state index contributed by atoms with van der Waals surface area (Å²) < 4.78 is 15.5. The summed E-state index contributed by atoms with van der Waals surface area (Å²) in [5.74, 6) is 1.74. The fraction of sp³-hybridized carbons (Fsp3) is 0.409. The van der Waals surface area contributed by atoms with Crippen LogP contribution in [-0.4, -0.2) is 22.1 Å². The van der Waals surface area contributed by atoms with E-state index < -0.39 is 18.8 Å². The van der Waals surface area contributed by atoms with Crippen molar-refractivity contribution in [1.82, 2.24) is 0 Å². The van der Waals surface area contributed by atoms with Gasteiger partial charge in [0.25, 0.3) is 0 Å². The lowest BCUT2D eigenvalue weighted by Gasteiger charge is -2.16. The van der Waals surface area contributed by atoms with Gasteiger partial charge in [-0.05, 0) is 36.1 Å². The number of thioether (sulfide) groups is 2. The molecule has 0 aliphatic heterocycles. The van der Waals surface area contributed by atoms with Gasteiger partial charge in [0.15, 0.2) is 0 Å². The molecule has 0 aliphatic rings. The molecule has 2 rings (SSSR count). The molecule has 0 saturated heterocycles. The van der Waals surface area contributed by atoms with E-state index in [1.165, 1.54) is 11.1 Å². The molecule has 3 unspecified atom stereocenters. The van der Waals surface area contributed by atoms with E-state index in [0.29, 0.717) is 11.7 Å². The van der Waals surface area contributed by atoms with E-state index >= 15 is 0 Å². The van der Waals surface area contributed by atoms with Crippen molar-refractivity contribution in [2.45, 2.75) is 48.8 Å². The van der Waals surface area contributed by atoms with Gasteiger partial charge in [-0.3, -0.25) is 4.79 Å². The first-order valence-electron chi connectivity index (χ1n) is 10.1. The minimum Gasteiger partial charge on any atom is -0.481 e. The average molecular weight is 391 g/mol. The number of carboxylic acid groups (broad SMARTS) is 1. The lowest BCUT2D eigenvalue weighted by atomic mass is 10.1. The maximum atomic E-state index is 10.9. The topological polar surface area (TPSA) is 37.3 Å². The Labute approximate surface area is 168 Å². The molecule has 2 aromatic rings. The molecule has 0 fully saturated rings. The summed E-state index contributed by atoms with van der Waals surface area (Å²) in [7, 11) is 0. The van der Waals surface area contributed by atoms with Gasteiger partial charge in [-0.25, -0.2) is 0 Å². The Morgan fingerprint density at radius 3 is 2.19 bits per heavy atom. The van der Waals surface area contributed by atoms with Crippen LogP contribution in [0.15, 0.2) is 60.7 Å². The maximum absolute atomic E-state index is 10.9. The summed E-state index contributed by atoms with van der Waals surface area (Å²) in [6.07, 6.45) is 0.0371. The smallest absolute Gasteiger partial charge is 0.303 e. The van der Waals surface area contributed by atoms with E-state index in [1.807, 2.05) is 47.8 Å². The molecule has 26 heavy (non-hydrogen) atoms. The molecule has 0 radical (unpaired) electrons. The SMILES string of the molecule is [2H]C(CCC(CCSCc1ccccc1)SCc1ccccc1)C([2H])C(=O)O. The van der Waals surface area contributed by atoms with Gasteiger partial charge in [0.2, 0.25) is 0 Å². The van der Waals surface area contributed by atoms with Crippen LogP contribution in [0, 0.1) is 0 Å². The second kappa shape index (κ2) is 12.9. The third-order valence-electron chi connectivity index (χ3n) is 3.94. The summed E-state index contributed by atoms with van der Waals surface area (Å²) in [6, 6.07) is 20.7. The molecule has 0 amide bonds. The molecule has 0 aliphatic carbocycles. The first-order valence-corrected chi connectivity index (χ1v) is 11.1. The number of benzene rings is 2. The number of carbonyl (C=O) groups is 1. The van der Waals surface area contributed by atoms with Gasteiger partial charge in [0.1, 0.15) is 0 Å². The van der Waals surface area contributed by atoms with Gasteiger partial charge in [0, 0.05) is 25.9 Å². The summed E-state index contributed by atoms with van der Waals surface area (Å²) in [6.45, 7) is 0. The van der Waals surface area contributed by atoms with Crippen LogP contribution in [0.25, 0.3) is 0 Å². The van der Waals surface area contributed by atoms with Crippen molar-refractivity contribution in [2.75, 3.05) is 5.75 Å². The second-order valence-corrected chi connectivity index (χ2v) is 8.46. The largest absolute Gasteiger partial charge is 0.481 e. The van der Waals surface area contributed by atoms with Crippen molar-refractivity contribution < 1.29 is 12.6 Å². The van der Waals surface area contributed by atoms with Crippen molar-refractivity contribution >= 4 is 29.5 Å². The molecule has 1 N–H and O–H groups in total. The number of carboxylic acids is 1. The Balaban J connectivity index is 1.81. The van der Waals surface area contributed by atoms with E-state index in [0.717, 1.165) is 30.1 Å². The number of hydrogen-bond acceptors (Lipinski definition) is 3. The molecule has 3 atom stereocenters. The highest BCUT2D eigenvalue weighted by Gasteiger charge is 2.10. The van der Waals surface area contributed by atoms with Gasteiger partial charge < -0.3 is 5.11 Å². The standard InChI is InChI=1S/C22H28O2S2/c23-22(24)14-8-7-13-21(26-18-20-11-5-2-6-12-20)15-16-25-17-19-9-3-1-4-10-19/h1-6,9-12,21H,7-8,13-18H2,(H,23,24)/i8D,14D. The molecule has 2 aromatic carbocycles. The van der Waals surface area contributed by atoms with Crippen LogP contribution < -0.4 is 0 Å². The molecule has 4 heteroatoms. The van der Waals surface area contributed by atoms with E-state index in [9.17, 15) is 4.79 Å². The molecule has 140 valence electrons. The van der Waals surface area contributed by atoms with Crippen molar-refractivity contribution in [3.05, 3.63) is 71.8 Å². The van der Waals surface area contributed by atoms with Crippen molar-refractivity contribution in [2.24, 2.45) is 0 Å². The van der Waals surface area contributed by atoms with E-state index in [1.54, 1.807) is 0 Å². The fourth-order valence-corrected chi connectivity index (χ4v) is 4.93. The van der Waals surface area contributed by atoms with Crippen molar-refractivity contribution in [3.8, 4) is 0 Å². The summed E-state index contributed by atoms with van der Waals surface area (Å²) >= 11 is 3.79. The van der Waals surface area contributed by atoms with Crippen LogP contribution in [0.3, 0.4) is 0 Å². The monoisotopic (exact) mass is 390 g/mol. The third kappa shape index (κ3) is 9.35. The zero-order valence-electron chi connectivity index (χ0n) is 16.9. The zero-order chi connectivity index (χ0) is 20.2. The van der Waals surface area contributed by atoms with E-state index in [4.69, 9.17) is 7.85 Å². The molecular formula is C22H28O2S2. The number of aliphatic carboxylic acids is 1. The summed E-state index contributed by atoms with van der Waals surface area (Å²) in [5, 5.41) is 9.31. The first-order chi connectivity index (χ1) is 13.6. The highest BCUT2D eigenvalue weighted by Crippen LogP contribution is 2.27. The predicted octanol–water partition coefficient (Wildman–Crippen LogP) is 6.26. The predicted molar refractivity (Wildman–Crippen MR) is 115 cm³/mol. The fourth-order valence-electron chi connectivity index (χ4n) is 2.54. The highest BCUT2D eigenvalue weighted by atomic mass is 32.2.